The average Bonchev–Trinajstić information content (AvgIpc) is 3.43. The Bertz CT molecular complexity index is 1420. The molecule has 6 rings (SSSR count). The summed E-state index contributed by atoms with van der Waals surface area (Å²) in [7, 11) is 1.59. The summed E-state index contributed by atoms with van der Waals surface area (Å²) in [6, 6.07) is 4.23. The predicted octanol–water partition coefficient (Wildman–Crippen LogP) is 6.22. The van der Waals surface area contributed by atoms with Gasteiger partial charge in [0.25, 0.3) is 0 Å². The predicted molar refractivity (Wildman–Crippen MR) is 175 cm³/mol. The van der Waals surface area contributed by atoms with Gasteiger partial charge in [0.15, 0.2) is 5.78 Å². The van der Waals surface area contributed by atoms with Crippen LogP contribution < -0.4 is 10.1 Å². The Morgan fingerprint density at radius 2 is 1.83 bits per heavy atom. The number of hydrogen-bond donors (Lipinski definition) is 2. The lowest BCUT2D eigenvalue weighted by Gasteiger charge is -2.50. The van der Waals surface area contributed by atoms with E-state index in [9.17, 15) is 19.5 Å². The SMILES string of the molecule is CCC1CCN(C(=O)[C@@H](NC(=O)OC2C3CC(C3)C[C@H]2CCCCCc2nc3ccc(OC)cc3nc2O)C(C)(C)C)[C@@H]1C(C)=O. The molecule has 1 aromatic heterocycles. The number of nitrogens with zero attached hydrogens (tertiary/aromatic N) is 3. The molecule has 2 bridgehead atoms. The number of aromatic hydroxyl groups is 1. The second-order valence-electron chi connectivity index (χ2n) is 14.9. The highest BCUT2D eigenvalue weighted by molar-refractivity contribution is 5.92. The summed E-state index contributed by atoms with van der Waals surface area (Å²) in [6.07, 6.45) is 8.63. The average molecular weight is 637 g/mol. The number of amides is 2. The highest BCUT2D eigenvalue weighted by Gasteiger charge is 2.49. The van der Waals surface area contributed by atoms with Crippen LogP contribution in [-0.2, 0) is 20.7 Å². The van der Waals surface area contributed by atoms with Gasteiger partial charge in [-0.25, -0.2) is 14.8 Å². The maximum atomic E-state index is 13.8. The summed E-state index contributed by atoms with van der Waals surface area (Å²) >= 11 is 0. The maximum Gasteiger partial charge on any atom is 0.408 e. The first kappa shape index (κ1) is 33.9. The van der Waals surface area contributed by atoms with Crippen molar-refractivity contribution in [3.8, 4) is 11.6 Å². The first-order valence-electron chi connectivity index (χ1n) is 17.2. The molecular weight excluding hydrogens is 584 g/mol. The fraction of sp³-hybridized carbons (Fsp3) is 0.694. The standard InChI is InChI=1S/C36H52N4O6/c1-7-23-15-16-40(30(23)21(2)41)34(43)32(36(3,4)5)39-35(44)46-31-24(17-22-18-25(31)19-22)11-9-8-10-12-28-33(42)38-29-20-26(45-6)13-14-27(29)37-28/h13-14,20,22-25,30-32H,7-12,15-19H2,1-6H3,(H,38,42)(H,39,44)/t22?,23?,24-,25?,30-,31?,32-/m1/s1. The molecule has 3 saturated carbocycles. The molecule has 10 nitrogen and oxygen atoms in total. The van der Waals surface area contributed by atoms with Crippen LogP contribution in [0, 0.1) is 29.1 Å². The van der Waals surface area contributed by atoms with Crippen LogP contribution >= 0.6 is 0 Å². The normalized spacial score (nSPS) is 26.3. The topological polar surface area (TPSA) is 131 Å². The molecule has 1 aromatic carbocycles. The summed E-state index contributed by atoms with van der Waals surface area (Å²) in [6.45, 7) is 9.95. The van der Waals surface area contributed by atoms with Crippen molar-refractivity contribution in [2.24, 2.45) is 29.1 Å². The van der Waals surface area contributed by atoms with Crippen molar-refractivity contribution >= 4 is 28.8 Å². The minimum atomic E-state index is -0.787. The Labute approximate surface area is 273 Å². The van der Waals surface area contributed by atoms with E-state index in [1.165, 1.54) is 0 Å². The zero-order valence-corrected chi connectivity index (χ0v) is 28.4. The summed E-state index contributed by atoms with van der Waals surface area (Å²) in [4.78, 5) is 50.4. The fourth-order valence-electron chi connectivity index (χ4n) is 8.07. The van der Waals surface area contributed by atoms with Crippen molar-refractivity contribution in [3.63, 3.8) is 0 Å². The van der Waals surface area contributed by atoms with Gasteiger partial charge in [0.05, 0.1) is 24.2 Å². The number of hydrogen-bond acceptors (Lipinski definition) is 8. The smallest absolute Gasteiger partial charge is 0.408 e. The minimum Gasteiger partial charge on any atom is -0.497 e. The van der Waals surface area contributed by atoms with Crippen molar-refractivity contribution < 1.29 is 29.0 Å². The van der Waals surface area contributed by atoms with Gasteiger partial charge in [-0.05, 0) is 93.1 Å². The molecule has 0 spiro atoms. The van der Waals surface area contributed by atoms with E-state index in [1.54, 1.807) is 25.0 Å². The molecule has 1 aliphatic heterocycles. The van der Waals surface area contributed by atoms with Crippen molar-refractivity contribution in [2.45, 2.75) is 117 Å². The van der Waals surface area contributed by atoms with Crippen LogP contribution in [-0.4, -0.2) is 69.6 Å². The number of benzene rings is 1. The lowest BCUT2D eigenvalue weighted by Crippen LogP contribution is -2.58. The summed E-state index contributed by atoms with van der Waals surface area (Å²) in [5.74, 6) is 1.95. The van der Waals surface area contributed by atoms with Crippen LogP contribution in [0.5, 0.6) is 11.6 Å². The monoisotopic (exact) mass is 636 g/mol. The number of ketones is 1. The molecular formula is C36H52N4O6. The van der Waals surface area contributed by atoms with Crippen LogP contribution in [0.15, 0.2) is 18.2 Å². The fourth-order valence-corrected chi connectivity index (χ4v) is 8.07. The minimum absolute atomic E-state index is 0.000518. The second-order valence-corrected chi connectivity index (χ2v) is 14.9. The van der Waals surface area contributed by atoms with Gasteiger partial charge >= 0.3 is 6.09 Å². The van der Waals surface area contributed by atoms with Crippen LogP contribution in [0.25, 0.3) is 11.0 Å². The molecule has 4 aliphatic rings. The van der Waals surface area contributed by atoms with Gasteiger partial charge in [0, 0.05) is 12.6 Å². The number of likely N-dealkylation sites (tertiary alicyclic amines) is 1. The number of fused-ring (bicyclic) bond motifs is 3. The van der Waals surface area contributed by atoms with Gasteiger partial charge in [0.1, 0.15) is 23.6 Å². The molecule has 0 radical (unpaired) electrons. The number of Topliss-reactive ketones (excluding diaryl/α,β-unsaturated/α-hetero) is 1. The molecule has 3 aliphatic carbocycles. The molecule has 2 aromatic rings. The zero-order chi connectivity index (χ0) is 33.2. The van der Waals surface area contributed by atoms with Crippen LogP contribution in [0.4, 0.5) is 4.79 Å². The highest BCUT2D eigenvalue weighted by Crippen LogP contribution is 2.51. The van der Waals surface area contributed by atoms with Crippen LogP contribution in [0.1, 0.15) is 98.1 Å². The van der Waals surface area contributed by atoms with E-state index in [-0.39, 0.29) is 29.6 Å². The largest absolute Gasteiger partial charge is 0.497 e. The third-order valence-corrected chi connectivity index (χ3v) is 10.6. The molecule has 4 fully saturated rings. The van der Waals surface area contributed by atoms with Gasteiger partial charge < -0.3 is 24.8 Å². The zero-order valence-electron chi connectivity index (χ0n) is 28.4. The Balaban J connectivity index is 1.15. The molecule has 2 amide bonds. The molecule has 5 atom stereocenters. The van der Waals surface area contributed by atoms with Crippen molar-refractivity contribution in [1.29, 1.82) is 0 Å². The van der Waals surface area contributed by atoms with E-state index < -0.39 is 23.6 Å². The lowest BCUT2D eigenvalue weighted by molar-refractivity contribution is -0.141. The van der Waals surface area contributed by atoms with E-state index in [4.69, 9.17) is 9.47 Å². The Morgan fingerprint density at radius 3 is 2.50 bits per heavy atom. The lowest BCUT2D eigenvalue weighted by atomic mass is 9.59. The number of ether oxygens (including phenoxy) is 2. The number of carbonyl (C=O) groups is 3. The number of aryl methyl sites for hydroxylation is 1. The number of carbonyl (C=O) groups excluding carboxylic acids is 3. The van der Waals surface area contributed by atoms with Crippen LogP contribution in [0.3, 0.4) is 0 Å². The van der Waals surface area contributed by atoms with E-state index in [2.05, 4.69) is 22.2 Å². The van der Waals surface area contributed by atoms with Gasteiger partial charge in [-0.3, -0.25) is 9.59 Å². The third-order valence-electron chi connectivity index (χ3n) is 10.6. The van der Waals surface area contributed by atoms with Crippen molar-refractivity contribution in [2.75, 3.05) is 13.7 Å². The Hall–Kier alpha value is -3.43. The van der Waals surface area contributed by atoms with E-state index in [0.29, 0.717) is 47.7 Å². The number of rotatable bonds is 12. The first-order chi connectivity index (χ1) is 21.9. The van der Waals surface area contributed by atoms with E-state index in [1.807, 2.05) is 32.9 Å². The molecule has 1 saturated heterocycles. The van der Waals surface area contributed by atoms with Crippen molar-refractivity contribution in [3.05, 3.63) is 23.9 Å². The number of methoxy groups -OCH3 is 1. The number of alkyl carbamates (subject to hydrolysis) is 1. The quantitative estimate of drug-likeness (QED) is 0.263. The van der Waals surface area contributed by atoms with Gasteiger partial charge in [0.2, 0.25) is 11.8 Å². The number of nitrogens with one attached hydrogen (secondary N) is 1. The summed E-state index contributed by atoms with van der Waals surface area (Å²) in [5.41, 5.74) is 1.39. The first-order valence-corrected chi connectivity index (χ1v) is 17.2. The Morgan fingerprint density at radius 1 is 1.07 bits per heavy atom. The third kappa shape index (κ3) is 7.41. The van der Waals surface area contributed by atoms with Crippen LogP contribution in [0.2, 0.25) is 0 Å². The molecule has 2 heterocycles. The molecule has 252 valence electrons. The Kier molecular flexibility index (Phi) is 10.4. The number of aromatic nitrogens is 2. The number of unbranched alkanes of at least 4 members (excludes halogenated alkanes) is 2. The van der Waals surface area contributed by atoms with Gasteiger partial charge in [-0.2, -0.15) is 0 Å². The second kappa shape index (κ2) is 14.1. The summed E-state index contributed by atoms with van der Waals surface area (Å²) in [5, 5.41) is 13.4. The van der Waals surface area contributed by atoms with Gasteiger partial charge in [-0.1, -0.05) is 47.0 Å². The summed E-state index contributed by atoms with van der Waals surface area (Å²) < 4.78 is 11.4. The van der Waals surface area contributed by atoms with Crippen molar-refractivity contribution in [1.82, 2.24) is 20.2 Å². The van der Waals surface area contributed by atoms with Gasteiger partial charge in [-0.15, -0.1) is 0 Å². The molecule has 46 heavy (non-hydrogen) atoms. The molecule has 2 N–H and O–H groups in total. The maximum absolute atomic E-state index is 13.8. The molecule has 10 heteroatoms. The highest BCUT2D eigenvalue weighted by atomic mass is 16.6. The van der Waals surface area contributed by atoms with E-state index in [0.717, 1.165) is 63.3 Å². The molecule has 2 unspecified atom stereocenters. The van der Waals surface area contributed by atoms with E-state index >= 15 is 0 Å².